The number of carbonyl (C=O) groups excluding carboxylic acids is 1. The van der Waals surface area contributed by atoms with Gasteiger partial charge in [-0.05, 0) is 19.1 Å². The summed E-state index contributed by atoms with van der Waals surface area (Å²) in [6.07, 6.45) is 2.61. The summed E-state index contributed by atoms with van der Waals surface area (Å²) >= 11 is 0. The third-order valence-corrected chi connectivity index (χ3v) is 3.42. The largest absolute Gasteiger partial charge is 0.304 e. The number of hydrogen-bond acceptors (Lipinski definition) is 5. The molecule has 2 heterocycles. The summed E-state index contributed by atoms with van der Waals surface area (Å²) in [5.41, 5.74) is 1.06. The van der Waals surface area contributed by atoms with Gasteiger partial charge < -0.3 is 5.32 Å². The number of pyridine rings is 1. The van der Waals surface area contributed by atoms with Gasteiger partial charge in [0.15, 0.2) is 5.82 Å². The van der Waals surface area contributed by atoms with E-state index < -0.39 is 15.9 Å². The molecule has 0 saturated heterocycles. The highest BCUT2D eigenvalue weighted by molar-refractivity contribution is 7.89. The molecule has 0 saturated carbocycles. The summed E-state index contributed by atoms with van der Waals surface area (Å²) < 4.78 is 24.0. The highest BCUT2D eigenvalue weighted by Crippen LogP contribution is 2.18. The van der Waals surface area contributed by atoms with E-state index in [1.54, 1.807) is 19.1 Å². The average Bonchev–Trinajstić information content (AvgIpc) is 2.71. The highest BCUT2D eigenvalue weighted by Gasteiger charge is 2.20. The number of aromatic nitrogens is 3. The molecule has 2 rings (SSSR count). The number of rotatable bonds is 3. The molecule has 0 aliphatic carbocycles. The molecule has 0 fully saturated rings. The predicted molar refractivity (Wildman–Crippen MR) is 71.5 cm³/mol. The lowest BCUT2D eigenvalue weighted by molar-refractivity contribution is 0.102. The van der Waals surface area contributed by atoms with E-state index in [-0.39, 0.29) is 10.7 Å². The SMILES string of the molecule is Cc1ccc(C(=O)Nc2nn(C)cc2S(N)(=O)=O)cn1. The second-order valence-corrected chi connectivity index (χ2v) is 5.73. The number of nitrogens with two attached hydrogens (primary N) is 1. The van der Waals surface area contributed by atoms with Crippen LogP contribution in [-0.2, 0) is 17.1 Å². The second kappa shape index (κ2) is 5.02. The minimum absolute atomic E-state index is 0.111. The molecule has 2 aromatic heterocycles. The van der Waals surface area contributed by atoms with Gasteiger partial charge in [0.2, 0.25) is 10.0 Å². The molecule has 9 heteroatoms. The molecule has 0 aromatic carbocycles. The van der Waals surface area contributed by atoms with Gasteiger partial charge in [0, 0.05) is 25.1 Å². The zero-order chi connectivity index (χ0) is 14.9. The molecule has 0 bridgehead atoms. The Bertz CT molecular complexity index is 749. The van der Waals surface area contributed by atoms with Gasteiger partial charge in [0.1, 0.15) is 4.90 Å². The molecule has 20 heavy (non-hydrogen) atoms. The van der Waals surface area contributed by atoms with Gasteiger partial charge in [0.05, 0.1) is 5.56 Å². The molecule has 2 aromatic rings. The topological polar surface area (TPSA) is 120 Å². The van der Waals surface area contributed by atoms with Gasteiger partial charge in [-0.25, -0.2) is 13.6 Å². The number of primary sulfonamides is 1. The molecular formula is C11H13N5O3S. The van der Waals surface area contributed by atoms with E-state index in [2.05, 4.69) is 15.4 Å². The third-order valence-electron chi connectivity index (χ3n) is 2.51. The van der Waals surface area contributed by atoms with Gasteiger partial charge >= 0.3 is 0 Å². The minimum atomic E-state index is -3.96. The van der Waals surface area contributed by atoms with Crippen molar-refractivity contribution < 1.29 is 13.2 Å². The van der Waals surface area contributed by atoms with Crippen molar-refractivity contribution in [2.75, 3.05) is 5.32 Å². The number of aryl methyl sites for hydroxylation is 2. The molecule has 0 unspecified atom stereocenters. The van der Waals surface area contributed by atoms with Crippen LogP contribution in [0.2, 0.25) is 0 Å². The first kappa shape index (κ1) is 14.2. The smallest absolute Gasteiger partial charge is 0.258 e. The minimum Gasteiger partial charge on any atom is -0.304 e. The summed E-state index contributed by atoms with van der Waals surface area (Å²) in [6, 6.07) is 3.26. The van der Waals surface area contributed by atoms with Crippen LogP contribution in [0.3, 0.4) is 0 Å². The van der Waals surface area contributed by atoms with Crippen LogP contribution in [0.25, 0.3) is 0 Å². The van der Waals surface area contributed by atoms with Crippen molar-refractivity contribution in [3.8, 4) is 0 Å². The summed E-state index contributed by atoms with van der Waals surface area (Å²) in [7, 11) is -2.44. The standard InChI is InChI=1S/C11H13N5O3S/c1-7-3-4-8(5-13-7)11(17)14-10-9(20(12,18)19)6-16(2)15-10/h3-6H,1-2H3,(H2,12,18,19)(H,14,15,17). The number of carbonyl (C=O) groups is 1. The van der Waals surface area contributed by atoms with Gasteiger partial charge in [-0.1, -0.05) is 0 Å². The molecule has 0 aliphatic heterocycles. The van der Waals surface area contributed by atoms with Gasteiger partial charge in [-0.2, -0.15) is 5.10 Å². The molecule has 8 nitrogen and oxygen atoms in total. The third kappa shape index (κ3) is 3.00. The Balaban J connectivity index is 2.31. The maximum atomic E-state index is 12.0. The van der Waals surface area contributed by atoms with Crippen molar-refractivity contribution in [1.29, 1.82) is 0 Å². The number of nitrogens with one attached hydrogen (secondary N) is 1. The maximum Gasteiger partial charge on any atom is 0.258 e. The van der Waals surface area contributed by atoms with Crippen molar-refractivity contribution in [2.24, 2.45) is 12.2 Å². The molecule has 0 aliphatic rings. The van der Waals surface area contributed by atoms with Crippen LogP contribution in [-0.4, -0.2) is 29.1 Å². The summed E-state index contributed by atoms with van der Waals surface area (Å²) in [4.78, 5) is 15.7. The van der Waals surface area contributed by atoms with Gasteiger partial charge in [-0.3, -0.25) is 14.5 Å². The molecule has 0 spiro atoms. The Hall–Kier alpha value is -2.26. The number of hydrogen-bond donors (Lipinski definition) is 2. The fourth-order valence-electron chi connectivity index (χ4n) is 1.54. The van der Waals surface area contributed by atoms with Crippen LogP contribution in [0, 0.1) is 6.92 Å². The molecule has 0 radical (unpaired) electrons. The van der Waals surface area contributed by atoms with E-state index in [0.29, 0.717) is 5.56 Å². The summed E-state index contributed by atoms with van der Waals surface area (Å²) in [5, 5.41) is 11.3. The number of anilines is 1. The zero-order valence-electron chi connectivity index (χ0n) is 10.9. The van der Waals surface area contributed by atoms with Crippen LogP contribution in [0.15, 0.2) is 29.4 Å². The fourth-order valence-corrected chi connectivity index (χ4v) is 2.20. The number of sulfonamides is 1. The lowest BCUT2D eigenvalue weighted by Gasteiger charge is -2.03. The second-order valence-electron chi connectivity index (χ2n) is 4.20. The summed E-state index contributed by atoms with van der Waals surface area (Å²) in [6.45, 7) is 1.79. The molecule has 3 N–H and O–H groups in total. The monoisotopic (exact) mass is 295 g/mol. The van der Waals surface area contributed by atoms with E-state index in [1.165, 1.54) is 24.1 Å². The van der Waals surface area contributed by atoms with Crippen LogP contribution in [0.4, 0.5) is 5.82 Å². The maximum absolute atomic E-state index is 12.0. The Kier molecular flexibility index (Phi) is 3.55. The molecule has 1 amide bonds. The van der Waals surface area contributed by atoms with Crippen molar-refractivity contribution >= 4 is 21.7 Å². The molecular weight excluding hydrogens is 282 g/mol. The number of nitrogens with zero attached hydrogens (tertiary/aromatic N) is 3. The Morgan fingerprint density at radius 1 is 1.40 bits per heavy atom. The molecule has 106 valence electrons. The van der Waals surface area contributed by atoms with E-state index in [0.717, 1.165) is 5.69 Å². The summed E-state index contributed by atoms with van der Waals surface area (Å²) in [5.74, 6) is -0.623. The van der Waals surface area contributed by atoms with Crippen LogP contribution in [0.1, 0.15) is 16.1 Å². The molecule has 0 atom stereocenters. The van der Waals surface area contributed by atoms with E-state index in [9.17, 15) is 13.2 Å². The highest BCUT2D eigenvalue weighted by atomic mass is 32.2. The van der Waals surface area contributed by atoms with Crippen LogP contribution < -0.4 is 10.5 Å². The lowest BCUT2D eigenvalue weighted by atomic mass is 10.2. The Morgan fingerprint density at radius 3 is 2.65 bits per heavy atom. The normalized spacial score (nSPS) is 11.3. The van der Waals surface area contributed by atoms with Crippen LogP contribution >= 0.6 is 0 Å². The van der Waals surface area contributed by atoms with Crippen molar-refractivity contribution in [3.63, 3.8) is 0 Å². The first-order valence-electron chi connectivity index (χ1n) is 5.58. The Morgan fingerprint density at radius 2 is 2.10 bits per heavy atom. The first-order chi connectivity index (χ1) is 9.27. The van der Waals surface area contributed by atoms with Crippen molar-refractivity contribution in [2.45, 2.75) is 11.8 Å². The zero-order valence-corrected chi connectivity index (χ0v) is 11.7. The lowest BCUT2D eigenvalue weighted by Crippen LogP contribution is -2.18. The number of amides is 1. The van der Waals surface area contributed by atoms with Crippen molar-refractivity contribution in [1.82, 2.24) is 14.8 Å². The van der Waals surface area contributed by atoms with Crippen molar-refractivity contribution in [3.05, 3.63) is 35.8 Å². The quantitative estimate of drug-likeness (QED) is 0.827. The van der Waals surface area contributed by atoms with E-state index in [4.69, 9.17) is 5.14 Å². The van der Waals surface area contributed by atoms with Crippen LogP contribution in [0.5, 0.6) is 0 Å². The van der Waals surface area contributed by atoms with Gasteiger partial charge in [0.25, 0.3) is 5.91 Å². The van der Waals surface area contributed by atoms with E-state index >= 15 is 0 Å². The predicted octanol–water partition coefficient (Wildman–Crippen LogP) is 0.0232. The average molecular weight is 295 g/mol. The fraction of sp³-hybridized carbons (Fsp3) is 0.182. The Labute approximate surface area is 115 Å². The van der Waals surface area contributed by atoms with E-state index in [1.807, 2.05) is 0 Å². The first-order valence-corrected chi connectivity index (χ1v) is 7.12. The van der Waals surface area contributed by atoms with Gasteiger partial charge in [-0.15, -0.1) is 0 Å².